The summed E-state index contributed by atoms with van der Waals surface area (Å²) in [4.78, 5) is 24.1. The molecule has 2 atom stereocenters. The van der Waals surface area contributed by atoms with Gasteiger partial charge in [0, 0.05) is 57.7 Å². The van der Waals surface area contributed by atoms with Crippen LogP contribution in [0.3, 0.4) is 0 Å². The number of carbonyl (C=O) groups is 1. The van der Waals surface area contributed by atoms with Crippen LogP contribution in [0.25, 0.3) is 32.9 Å². The Balaban J connectivity index is 1.11. The number of pyridine rings is 1. The van der Waals surface area contributed by atoms with Gasteiger partial charge in [0.05, 0.1) is 12.1 Å². The molecule has 6 aromatic rings. The number of nitrogens with zero attached hydrogens (tertiary/aromatic N) is 1. The quantitative estimate of drug-likeness (QED) is 0.218. The van der Waals surface area contributed by atoms with Crippen LogP contribution >= 0.6 is 0 Å². The third-order valence-electron chi connectivity index (χ3n) is 7.48. The summed E-state index contributed by atoms with van der Waals surface area (Å²) in [6.07, 6.45) is 8.18. The first kappa shape index (κ1) is 23.3. The summed E-state index contributed by atoms with van der Waals surface area (Å²) in [6.45, 7) is 0.371. The van der Waals surface area contributed by atoms with Gasteiger partial charge in [0.25, 0.3) is 0 Å². The molecule has 0 bridgehead atoms. The van der Waals surface area contributed by atoms with Crippen LogP contribution in [0.1, 0.15) is 22.6 Å². The van der Waals surface area contributed by atoms with Gasteiger partial charge in [-0.3, -0.25) is 9.78 Å². The molecule has 7 nitrogen and oxygen atoms in total. The van der Waals surface area contributed by atoms with Crippen molar-refractivity contribution in [2.24, 2.45) is 5.73 Å². The molecule has 1 aliphatic rings. The van der Waals surface area contributed by atoms with Crippen LogP contribution in [-0.2, 0) is 11.2 Å². The smallest absolute Gasteiger partial charge is 0.236 e. The number of rotatable bonds is 7. The lowest BCUT2D eigenvalue weighted by Gasteiger charge is -2.14. The molecule has 0 saturated heterocycles. The standard InChI is InChI=1S/C32H27N5O2/c33-22(11-21-15-35-28-7-3-1-5-24(21)28)18-39-23-12-20(14-34-16-23)19-9-10-30-26(13-19)31(32(38)37-30)27-17-36-29-8-4-2-6-25(27)29/h1-10,12-17,22,31,35-36H,11,18,33H2,(H,37,38)/t22-,31?/m0/s1. The average molecular weight is 514 g/mol. The maximum Gasteiger partial charge on any atom is 0.236 e. The number of ether oxygens (including phenoxy) is 1. The summed E-state index contributed by atoms with van der Waals surface area (Å²) < 4.78 is 6.06. The van der Waals surface area contributed by atoms with E-state index in [1.807, 2.05) is 73.2 Å². The van der Waals surface area contributed by atoms with Crippen LogP contribution in [0.5, 0.6) is 5.75 Å². The number of anilines is 1. The van der Waals surface area contributed by atoms with Crippen LogP contribution in [0.2, 0.25) is 0 Å². The normalized spacial score (nSPS) is 15.4. The van der Waals surface area contributed by atoms with Crippen molar-refractivity contribution in [3.8, 4) is 16.9 Å². The number of aromatic amines is 2. The lowest BCUT2D eigenvalue weighted by atomic mass is 9.90. The Hall–Kier alpha value is -4.88. The highest BCUT2D eigenvalue weighted by Gasteiger charge is 2.33. The second kappa shape index (κ2) is 9.45. The number of carbonyl (C=O) groups excluding carboxylic acids is 1. The van der Waals surface area contributed by atoms with Crippen molar-refractivity contribution in [3.05, 3.63) is 114 Å². The van der Waals surface area contributed by atoms with Crippen molar-refractivity contribution < 1.29 is 9.53 Å². The molecule has 3 aromatic carbocycles. The Kier molecular flexibility index (Phi) is 5.64. The van der Waals surface area contributed by atoms with Gasteiger partial charge in [0.2, 0.25) is 5.91 Å². The van der Waals surface area contributed by atoms with Crippen molar-refractivity contribution in [2.75, 3.05) is 11.9 Å². The topological polar surface area (TPSA) is 109 Å². The molecule has 192 valence electrons. The predicted molar refractivity (Wildman–Crippen MR) is 154 cm³/mol. The van der Waals surface area contributed by atoms with E-state index < -0.39 is 0 Å². The van der Waals surface area contributed by atoms with Crippen LogP contribution < -0.4 is 15.8 Å². The number of aromatic nitrogens is 3. The molecule has 1 aliphatic heterocycles. The van der Waals surface area contributed by atoms with E-state index in [-0.39, 0.29) is 17.9 Å². The second-order valence-electron chi connectivity index (χ2n) is 10.1. The summed E-state index contributed by atoms with van der Waals surface area (Å²) >= 11 is 0. The summed E-state index contributed by atoms with van der Waals surface area (Å²) in [5, 5.41) is 5.28. The number of para-hydroxylation sites is 2. The maximum atomic E-state index is 13.0. The van der Waals surface area contributed by atoms with E-state index >= 15 is 0 Å². The number of amides is 1. The first-order valence-electron chi connectivity index (χ1n) is 13.0. The van der Waals surface area contributed by atoms with E-state index in [2.05, 4.69) is 38.5 Å². The number of nitrogens with one attached hydrogen (secondary N) is 3. The van der Waals surface area contributed by atoms with Crippen molar-refractivity contribution in [2.45, 2.75) is 18.4 Å². The Morgan fingerprint density at radius 1 is 0.846 bits per heavy atom. The van der Waals surface area contributed by atoms with E-state index in [1.54, 1.807) is 6.20 Å². The highest BCUT2D eigenvalue weighted by Crippen LogP contribution is 2.41. The average Bonchev–Trinajstić information content (AvgIpc) is 3.66. The number of nitrogens with two attached hydrogens (primary N) is 1. The van der Waals surface area contributed by atoms with E-state index in [9.17, 15) is 4.79 Å². The van der Waals surface area contributed by atoms with Crippen LogP contribution in [0.15, 0.2) is 97.6 Å². The van der Waals surface area contributed by atoms with Crippen molar-refractivity contribution in [3.63, 3.8) is 0 Å². The van der Waals surface area contributed by atoms with Gasteiger partial charge in [0.1, 0.15) is 12.4 Å². The van der Waals surface area contributed by atoms with Gasteiger partial charge in [0.15, 0.2) is 0 Å². The highest BCUT2D eigenvalue weighted by atomic mass is 16.5. The first-order valence-corrected chi connectivity index (χ1v) is 13.0. The van der Waals surface area contributed by atoms with E-state index in [4.69, 9.17) is 10.5 Å². The number of H-pyrrole nitrogens is 2. The number of hydrogen-bond acceptors (Lipinski definition) is 4. The van der Waals surface area contributed by atoms with Gasteiger partial charge < -0.3 is 25.8 Å². The number of hydrogen-bond donors (Lipinski definition) is 4. The lowest BCUT2D eigenvalue weighted by Crippen LogP contribution is -2.30. The van der Waals surface area contributed by atoms with Crippen LogP contribution in [0.4, 0.5) is 5.69 Å². The van der Waals surface area contributed by atoms with Gasteiger partial charge >= 0.3 is 0 Å². The molecule has 39 heavy (non-hydrogen) atoms. The molecule has 7 heteroatoms. The van der Waals surface area contributed by atoms with Gasteiger partial charge in [-0.05, 0) is 59.0 Å². The fraction of sp³-hybridized carbons (Fsp3) is 0.125. The largest absolute Gasteiger partial charge is 0.490 e. The zero-order valence-corrected chi connectivity index (χ0v) is 21.1. The summed E-state index contributed by atoms with van der Waals surface area (Å²) in [5.41, 5.74) is 14.4. The molecule has 1 amide bonds. The Morgan fingerprint density at radius 3 is 2.49 bits per heavy atom. The highest BCUT2D eigenvalue weighted by molar-refractivity contribution is 6.07. The Morgan fingerprint density at radius 2 is 1.62 bits per heavy atom. The third kappa shape index (κ3) is 4.23. The minimum absolute atomic E-state index is 0.0219. The van der Waals surface area contributed by atoms with E-state index in [0.717, 1.165) is 44.4 Å². The number of fused-ring (bicyclic) bond motifs is 3. The minimum Gasteiger partial charge on any atom is -0.490 e. The second-order valence-corrected chi connectivity index (χ2v) is 10.1. The molecule has 4 heterocycles. The zero-order chi connectivity index (χ0) is 26.3. The molecule has 1 unspecified atom stereocenters. The van der Waals surface area contributed by atoms with Crippen molar-refractivity contribution in [1.82, 2.24) is 15.0 Å². The molecule has 3 aromatic heterocycles. The Bertz CT molecular complexity index is 1840. The summed E-state index contributed by atoms with van der Waals surface area (Å²) in [6, 6.07) is 24.1. The molecule has 0 spiro atoms. The maximum absolute atomic E-state index is 13.0. The first-order chi connectivity index (χ1) is 19.1. The number of benzene rings is 3. The van der Waals surface area contributed by atoms with E-state index in [0.29, 0.717) is 18.8 Å². The summed E-state index contributed by atoms with van der Waals surface area (Å²) in [5.74, 6) is 0.252. The fourth-order valence-electron chi connectivity index (χ4n) is 5.58. The third-order valence-corrected chi connectivity index (χ3v) is 7.48. The monoisotopic (exact) mass is 513 g/mol. The minimum atomic E-state index is -0.383. The Labute approximate surface area is 225 Å². The molecule has 0 saturated carbocycles. The van der Waals surface area contributed by atoms with E-state index in [1.165, 1.54) is 10.9 Å². The molecular formula is C32H27N5O2. The molecule has 0 fully saturated rings. The lowest BCUT2D eigenvalue weighted by molar-refractivity contribution is -0.116. The zero-order valence-electron chi connectivity index (χ0n) is 21.1. The molecule has 5 N–H and O–H groups in total. The van der Waals surface area contributed by atoms with Crippen molar-refractivity contribution in [1.29, 1.82) is 0 Å². The molecule has 0 aliphatic carbocycles. The van der Waals surface area contributed by atoms with Gasteiger partial charge in [-0.15, -0.1) is 0 Å². The predicted octanol–water partition coefficient (Wildman–Crippen LogP) is 5.74. The van der Waals surface area contributed by atoms with Gasteiger partial charge in [-0.1, -0.05) is 42.5 Å². The van der Waals surface area contributed by atoms with Crippen LogP contribution in [-0.4, -0.2) is 33.5 Å². The fourth-order valence-corrected chi connectivity index (χ4v) is 5.58. The van der Waals surface area contributed by atoms with Gasteiger partial charge in [-0.25, -0.2) is 0 Å². The molecule has 7 rings (SSSR count). The molecular weight excluding hydrogens is 486 g/mol. The molecule has 0 radical (unpaired) electrons. The SMILES string of the molecule is N[C@H](COc1cncc(-c2ccc3c(c2)C(c2c[nH]c4ccccc24)C(=O)N3)c1)Cc1c[nH]c2ccccc12. The summed E-state index contributed by atoms with van der Waals surface area (Å²) in [7, 11) is 0. The van der Waals surface area contributed by atoms with Crippen LogP contribution in [0, 0.1) is 0 Å². The van der Waals surface area contributed by atoms with Gasteiger partial charge in [-0.2, -0.15) is 0 Å². The van der Waals surface area contributed by atoms with Crippen molar-refractivity contribution >= 4 is 33.4 Å².